The zero-order valence-corrected chi connectivity index (χ0v) is 11.2. The van der Waals surface area contributed by atoms with Crippen LogP contribution in [0, 0.1) is 0 Å². The van der Waals surface area contributed by atoms with E-state index in [1.165, 1.54) is 5.69 Å². The van der Waals surface area contributed by atoms with Crippen LogP contribution >= 0.6 is 0 Å². The van der Waals surface area contributed by atoms with Gasteiger partial charge in [-0.15, -0.1) is 0 Å². The first kappa shape index (κ1) is 12.8. The van der Waals surface area contributed by atoms with Crippen molar-refractivity contribution in [3.05, 3.63) is 35.7 Å². The van der Waals surface area contributed by atoms with Crippen LogP contribution in [0.3, 0.4) is 0 Å². The fourth-order valence-corrected chi connectivity index (χ4v) is 1.74. The average molecular weight is 248 g/mol. The van der Waals surface area contributed by atoms with Gasteiger partial charge in [0.15, 0.2) is 5.82 Å². The molecule has 2 heterocycles. The van der Waals surface area contributed by atoms with Gasteiger partial charge in [-0.1, -0.05) is 25.9 Å². The molecule has 2 aromatic heterocycles. The molecule has 5 heteroatoms. The molecule has 0 unspecified atom stereocenters. The van der Waals surface area contributed by atoms with Crippen molar-refractivity contribution in [3.63, 3.8) is 0 Å². The Balaban J connectivity index is 2.06. The zero-order valence-electron chi connectivity index (χ0n) is 11.2. The summed E-state index contributed by atoms with van der Waals surface area (Å²) in [6.07, 6.45) is 2.04. The fraction of sp³-hybridized carbons (Fsp3) is 0.538. The summed E-state index contributed by atoms with van der Waals surface area (Å²) in [6, 6.07) is 4.14. The largest absolute Gasteiger partial charge is 0.342 e. The first-order valence-electron chi connectivity index (χ1n) is 6.38. The number of nitrogens with one attached hydrogen (secondary N) is 1. The van der Waals surface area contributed by atoms with Crippen LogP contribution in [-0.2, 0) is 13.1 Å². The molecule has 98 valence electrons. The van der Waals surface area contributed by atoms with E-state index in [2.05, 4.69) is 33.0 Å². The number of aromatic nitrogens is 3. The Labute approximate surface area is 107 Å². The van der Waals surface area contributed by atoms with Crippen LogP contribution in [0.5, 0.6) is 0 Å². The first-order valence-corrected chi connectivity index (χ1v) is 6.38. The maximum Gasteiger partial charge on any atom is 0.229 e. The smallest absolute Gasteiger partial charge is 0.229 e. The van der Waals surface area contributed by atoms with Crippen molar-refractivity contribution in [2.45, 2.75) is 39.8 Å². The van der Waals surface area contributed by atoms with Crippen LogP contribution in [0.25, 0.3) is 0 Å². The van der Waals surface area contributed by atoms with Crippen LogP contribution in [0.4, 0.5) is 0 Å². The van der Waals surface area contributed by atoms with Gasteiger partial charge in [0.05, 0.1) is 6.54 Å². The molecule has 1 N–H and O–H groups in total. The third kappa shape index (κ3) is 2.98. The molecule has 18 heavy (non-hydrogen) atoms. The highest BCUT2D eigenvalue weighted by atomic mass is 16.5. The van der Waals surface area contributed by atoms with Crippen LogP contribution in [0.2, 0.25) is 0 Å². The fourth-order valence-electron chi connectivity index (χ4n) is 1.74. The van der Waals surface area contributed by atoms with Crippen molar-refractivity contribution in [1.29, 1.82) is 0 Å². The standard InChI is InChI=1S/C13H20N4O/c1-4-14-8-11-6-5-7-17(11)9-12-15-13(10(2)3)18-16-12/h5-7,10,14H,4,8-9H2,1-3H3. The molecule has 0 aliphatic heterocycles. The monoisotopic (exact) mass is 248 g/mol. The first-order chi connectivity index (χ1) is 8.70. The number of rotatable bonds is 6. The van der Waals surface area contributed by atoms with Crippen LogP contribution in [-0.4, -0.2) is 21.3 Å². The van der Waals surface area contributed by atoms with Gasteiger partial charge >= 0.3 is 0 Å². The number of hydrogen-bond acceptors (Lipinski definition) is 4. The van der Waals surface area contributed by atoms with Crippen molar-refractivity contribution >= 4 is 0 Å². The van der Waals surface area contributed by atoms with E-state index in [1.807, 2.05) is 26.1 Å². The second-order valence-electron chi connectivity index (χ2n) is 4.61. The van der Waals surface area contributed by atoms with Gasteiger partial charge in [-0.05, 0) is 18.7 Å². The van der Waals surface area contributed by atoms with E-state index in [-0.39, 0.29) is 5.92 Å². The van der Waals surface area contributed by atoms with Gasteiger partial charge < -0.3 is 14.4 Å². The highest BCUT2D eigenvalue weighted by Gasteiger charge is 2.11. The lowest BCUT2D eigenvalue weighted by atomic mass is 10.2. The molecule has 0 amide bonds. The third-order valence-corrected chi connectivity index (χ3v) is 2.77. The molecule has 0 aliphatic carbocycles. The Morgan fingerprint density at radius 2 is 2.28 bits per heavy atom. The number of nitrogens with zero attached hydrogens (tertiary/aromatic N) is 3. The van der Waals surface area contributed by atoms with E-state index in [0.29, 0.717) is 12.4 Å². The van der Waals surface area contributed by atoms with E-state index >= 15 is 0 Å². The van der Waals surface area contributed by atoms with Crippen molar-refractivity contribution in [1.82, 2.24) is 20.0 Å². The Morgan fingerprint density at radius 1 is 1.44 bits per heavy atom. The summed E-state index contributed by atoms with van der Waals surface area (Å²) in [7, 11) is 0. The summed E-state index contributed by atoms with van der Waals surface area (Å²) in [5.74, 6) is 1.70. The molecule has 0 fully saturated rings. The van der Waals surface area contributed by atoms with Gasteiger partial charge in [0.2, 0.25) is 5.89 Å². The van der Waals surface area contributed by atoms with E-state index in [4.69, 9.17) is 4.52 Å². The summed E-state index contributed by atoms with van der Waals surface area (Å²) >= 11 is 0. The van der Waals surface area contributed by atoms with Crippen LogP contribution < -0.4 is 5.32 Å². The van der Waals surface area contributed by atoms with E-state index in [9.17, 15) is 0 Å². The van der Waals surface area contributed by atoms with E-state index in [1.54, 1.807) is 0 Å². The molecular formula is C13H20N4O. The second-order valence-corrected chi connectivity index (χ2v) is 4.61. The minimum absolute atomic E-state index is 0.275. The molecule has 0 saturated heterocycles. The maximum absolute atomic E-state index is 5.21. The Bertz CT molecular complexity index is 487. The Morgan fingerprint density at radius 3 is 2.94 bits per heavy atom. The van der Waals surface area contributed by atoms with Gasteiger partial charge in [-0.2, -0.15) is 4.98 Å². The topological polar surface area (TPSA) is 55.9 Å². The maximum atomic E-state index is 5.21. The Hall–Kier alpha value is -1.62. The van der Waals surface area contributed by atoms with E-state index < -0.39 is 0 Å². The molecule has 0 radical (unpaired) electrons. The highest BCUT2D eigenvalue weighted by Crippen LogP contribution is 2.12. The van der Waals surface area contributed by atoms with Crippen LogP contribution in [0.15, 0.2) is 22.9 Å². The summed E-state index contributed by atoms with van der Waals surface area (Å²) in [5, 5.41) is 7.32. The van der Waals surface area contributed by atoms with E-state index in [0.717, 1.165) is 18.9 Å². The summed E-state index contributed by atoms with van der Waals surface area (Å²) in [5.41, 5.74) is 1.23. The lowest BCUT2D eigenvalue weighted by molar-refractivity contribution is 0.359. The summed E-state index contributed by atoms with van der Waals surface area (Å²) in [6.45, 7) is 8.67. The molecule has 0 aliphatic rings. The lowest BCUT2D eigenvalue weighted by Crippen LogP contribution is -2.15. The molecule has 0 saturated carbocycles. The summed E-state index contributed by atoms with van der Waals surface area (Å²) in [4.78, 5) is 4.39. The molecule has 0 atom stereocenters. The quantitative estimate of drug-likeness (QED) is 0.851. The van der Waals surface area contributed by atoms with Gasteiger partial charge in [0.25, 0.3) is 0 Å². The molecule has 2 rings (SSSR count). The molecule has 5 nitrogen and oxygen atoms in total. The normalized spacial score (nSPS) is 11.3. The SMILES string of the molecule is CCNCc1cccn1Cc1noc(C(C)C)n1. The molecule has 0 aromatic carbocycles. The minimum Gasteiger partial charge on any atom is -0.342 e. The van der Waals surface area contributed by atoms with Gasteiger partial charge in [0, 0.05) is 24.4 Å². The zero-order chi connectivity index (χ0) is 13.0. The molecule has 2 aromatic rings. The number of hydrogen-bond donors (Lipinski definition) is 1. The second kappa shape index (κ2) is 5.82. The predicted molar refractivity (Wildman–Crippen MR) is 69.3 cm³/mol. The molecule has 0 spiro atoms. The van der Waals surface area contributed by atoms with Crippen molar-refractivity contribution in [2.24, 2.45) is 0 Å². The Kier molecular flexibility index (Phi) is 4.15. The third-order valence-electron chi connectivity index (χ3n) is 2.77. The highest BCUT2D eigenvalue weighted by molar-refractivity contribution is 5.08. The predicted octanol–water partition coefficient (Wildman–Crippen LogP) is 2.15. The van der Waals surface area contributed by atoms with Crippen molar-refractivity contribution in [2.75, 3.05) is 6.54 Å². The molecule has 0 bridgehead atoms. The van der Waals surface area contributed by atoms with Crippen molar-refractivity contribution in [3.8, 4) is 0 Å². The van der Waals surface area contributed by atoms with Crippen LogP contribution in [0.1, 0.15) is 44.1 Å². The minimum atomic E-state index is 0.275. The van der Waals surface area contributed by atoms with Crippen molar-refractivity contribution < 1.29 is 4.52 Å². The lowest BCUT2D eigenvalue weighted by Gasteiger charge is -2.06. The average Bonchev–Trinajstić information content (AvgIpc) is 2.96. The molecular weight excluding hydrogens is 228 g/mol. The van der Waals surface area contributed by atoms with Gasteiger partial charge in [-0.3, -0.25) is 0 Å². The van der Waals surface area contributed by atoms with Gasteiger partial charge in [-0.25, -0.2) is 0 Å². The van der Waals surface area contributed by atoms with Gasteiger partial charge in [0.1, 0.15) is 0 Å². The summed E-state index contributed by atoms with van der Waals surface area (Å²) < 4.78 is 7.34.